The van der Waals surface area contributed by atoms with Crippen molar-refractivity contribution >= 4 is 29.1 Å². The summed E-state index contributed by atoms with van der Waals surface area (Å²) in [5, 5.41) is 10.1. The fraction of sp³-hybridized carbons (Fsp3) is 0.227. The molecule has 0 bridgehead atoms. The molecule has 8 nitrogen and oxygen atoms in total. The Kier molecular flexibility index (Phi) is 4.59. The van der Waals surface area contributed by atoms with E-state index < -0.39 is 18.0 Å². The predicted molar refractivity (Wildman–Crippen MR) is 113 cm³/mol. The van der Waals surface area contributed by atoms with E-state index in [1.54, 1.807) is 24.3 Å². The third kappa shape index (κ3) is 3.19. The number of amides is 2. The summed E-state index contributed by atoms with van der Waals surface area (Å²) in [6, 6.07) is 12.7. The standard InChI is InChI=1S/C22H18ClN5O3/c1-12-6-3-4-9-16(12)20-24-17(13(2)31-20)11-27-19-18(25-26-27)21(29)28(22(19)30)15-8-5-7-14(23)10-15/h3-10,18-19H,11H2,1-2H3/t18-,19+/m0/s1. The molecule has 1 saturated heterocycles. The SMILES string of the molecule is Cc1ccccc1-c1nc(CN2N=N[C@@H]3C(=O)N(c4cccc(Cl)c4)C(=O)[C@@H]32)c(C)o1. The molecule has 3 aromatic rings. The van der Waals surface area contributed by atoms with Crippen LogP contribution in [0.2, 0.25) is 5.02 Å². The Morgan fingerprint density at radius 2 is 1.87 bits per heavy atom. The number of benzene rings is 2. The summed E-state index contributed by atoms with van der Waals surface area (Å²) in [4.78, 5) is 31.7. The Balaban J connectivity index is 1.41. The lowest BCUT2D eigenvalue weighted by molar-refractivity contribution is -0.123. The van der Waals surface area contributed by atoms with E-state index in [0.29, 0.717) is 28.1 Å². The molecule has 2 amide bonds. The van der Waals surface area contributed by atoms with Crippen LogP contribution >= 0.6 is 11.6 Å². The van der Waals surface area contributed by atoms with Gasteiger partial charge in [0.25, 0.3) is 11.8 Å². The summed E-state index contributed by atoms with van der Waals surface area (Å²) >= 11 is 6.04. The van der Waals surface area contributed by atoms with E-state index in [2.05, 4.69) is 15.3 Å². The number of carbonyl (C=O) groups excluding carboxylic acids is 2. The van der Waals surface area contributed by atoms with Crippen molar-refractivity contribution < 1.29 is 14.0 Å². The van der Waals surface area contributed by atoms with Gasteiger partial charge in [-0.15, -0.1) is 0 Å². The van der Waals surface area contributed by atoms with Crippen LogP contribution in [0, 0.1) is 13.8 Å². The van der Waals surface area contributed by atoms with Crippen molar-refractivity contribution in [3.05, 3.63) is 70.6 Å². The quantitative estimate of drug-likeness (QED) is 0.575. The second kappa shape index (κ2) is 7.31. The number of imide groups is 1. The van der Waals surface area contributed by atoms with Crippen LogP contribution in [0.4, 0.5) is 5.69 Å². The van der Waals surface area contributed by atoms with Crippen LogP contribution in [0.1, 0.15) is 17.0 Å². The van der Waals surface area contributed by atoms with Gasteiger partial charge < -0.3 is 4.42 Å². The van der Waals surface area contributed by atoms with E-state index in [9.17, 15) is 9.59 Å². The molecule has 2 aliphatic rings. The highest BCUT2D eigenvalue weighted by Crippen LogP contribution is 2.34. The minimum atomic E-state index is -0.880. The average molecular weight is 436 g/mol. The van der Waals surface area contributed by atoms with E-state index in [0.717, 1.165) is 16.0 Å². The van der Waals surface area contributed by atoms with Gasteiger partial charge in [-0.05, 0) is 43.7 Å². The lowest BCUT2D eigenvalue weighted by atomic mass is 10.1. The molecule has 2 atom stereocenters. The number of rotatable bonds is 4. The van der Waals surface area contributed by atoms with Crippen molar-refractivity contribution in [2.24, 2.45) is 10.3 Å². The minimum absolute atomic E-state index is 0.203. The van der Waals surface area contributed by atoms with Crippen LogP contribution in [0.5, 0.6) is 0 Å². The molecule has 0 aliphatic carbocycles. The largest absolute Gasteiger partial charge is 0.441 e. The Bertz CT molecular complexity index is 1240. The summed E-state index contributed by atoms with van der Waals surface area (Å²) in [5.41, 5.74) is 3.01. The molecule has 5 rings (SSSR count). The minimum Gasteiger partial charge on any atom is -0.441 e. The fourth-order valence-corrected chi connectivity index (χ4v) is 4.06. The van der Waals surface area contributed by atoms with E-state index >= 15 is 0 Å². The number of aryl methyl sites for hydroxylation is 2. The van der Waals surface area contributed by atoms with Gasteiger partial charge in [-0.1, -0.05) is 41.1 Å². The number of hydrogen-bond donors (Lipinski definition) is 0. The lowest BCUT2D eigenvalue weighted by Crippen LogP contribution is -2.39. The molecular formula is C22H18ClN5O3. The second-order valence-electron chi connectivity index (χ2n) is 7.52. The average Bonchev–Trinajstić information content (AvgIpc) is 3.39. The Morgan fingerprint density at radius 3 is 2.65 bits per heavy atom. The van der Waals surface area contributed by atoms with Crippen molar-refractivity contribution in [1.29, 1.82) is 0 Å². The molecule has 0 N–H and O–H groups in total. The number of aromatic nitrogens is 1. The zero-order valence-corrected chi connectivity index (χ0v) is 17.6. The third-order valence-electron chi connectivity index (χ3n) is 5.50. The summed E-state index contributed by atoms with van der Waals surface area (Å²) in [7, 11) is 0. The zero-order valence-electron chi connectivity index (χ0n) is 16.8. The van der Waals surface area contributed by atoms with E-state index in [-0.39, 0.29) is 12.5 Å². The first-order valence-electron chi connectivity index (χ1n) is 9.77. The lowest BCUT2D eigenvalue weighted by Gasteiger charge is -2.20. The first kappa shape index (κ1) is 19.4. The number of nitrogens with zero attached hydrogens (tertiary/aromatic N) is 5. The maximum atomic E-state index is 13.1. The zero-order chi connectivity index (χ0) is 21.7. The second-order valence-corrected chi connectivity index (χ2v) is 7.96. The molecular weight excluding hydrogens is 418 g/mol. The highest BCUT2D eigenvalue weighted by atomic mass is 35.5. The maximum Gasteiger partial charge on any atom is 0.263 e. The first-order chi connectivity index (χ1) is 14.9. The van der Waals surface area contributed by atoms with E-state index in [4.69, 9.17) is 16.0 Å². The van der Waals surface area contributed by atoms with Gasteiger partial charge in [-0.2, -0.15) is 5.11 Å². The Morgan fingerprint density at radius 1 is 1.06 bits per heavy atom. The number of hydrogen-bond acceptors (Lipinski definition) is 7. The molecule has 2 aromatic carbocycles. The van der Waals surface area contributed by atoms with Gasteiger partial charge in [-0.3, -0.25) is 14.6 Å². The predicted octanol–water partition coefficient (Wildman–Crippen LogP) is 4.11. The maximum absolute atomic E-state index is 13.1. The molecule has 1 fully saturated rings. The van der Waals surface area contributed by atoms with Gasteiger partial charge in [0, 0.05) is 10.6 Å². The topological polar surface area (TPSA) is 91.4 Å². The molecule has 0 radical (unpaired) electrons. The molecule has 3 heterocycles. The smallest absolute Gasteiger partial charge is 0.263 e. The van der Waals surface area contributed by atoms with Crippen LogP contribution in [-0.4, -0.2) is 33.9 Å². The van der Waals surface area contributed by atoms with Crippen LogP contribution in [0.3, 0.4) is 0 Å². The van der Waals surface area contributed by atoms with Crippen molar-refractivity contribution in [3.63, 3.8) is 0 Å². The summed E-state index contributed by atoms with van der Waals surface area (Å²) in [6.07, 6.45) is 0. The molecule has 1 aromatic heterocycles. The number of anilines is 1. The van der Waals surface area contributed by atoms with Crippen molar-refractivity contribution in [1.82, 2.24) is 9.99 Å². The van der Waals surface area contributed by atoms with Crippen LogP contribution in [0.15, 0.2) is 63.3 Å². The van der Waals surface area contributed by atoms with Gasteiger partial charge in [0.2, 0.25) is 5.89 Å². The molecule has 2 aliphatic heterocycles. The van der Waals surface area contributed by atoms with Gasteiger partial charge in [0.15, 0.2) is 12.1 Å². The molecule has 0 saturated carbocycles. The molecule has 31 heavy (non-hydrogen) atoms. The number of halogens is 1. The molecule has 0 spiro atoms. The first-order valence-corrected chi connectivity index (χ1v) is 10.1. The van der Waals surface area contributed by atoms with Gasteiger partial charge in [-0.25, -0.2) is 9.88 Å². The van der Waals surface area contributed by atoms with Crippen LogP contribution in [-0.2, 0) is 16.1 Å². The Hall–Kier alpha value is -3.52. The highest BCUT2D eigenvalue weighted by Gasteiger charge is 2.55. The van der Waals surface area contributed by atoms with Crippen molar-refractivity contribution in [3.8, 4) is 11.5 Å². The van der Waals surface area contributed by atoms with Gasteiger partial charge in [0.1, 0.15) is 11.5 Å². The summed E-state index contributed by atoms with van der Waals surface area (Å²) < 4.78 is 5.87. The highest BCUT2D eigenvalue weighted by molar-refractivity contribution is 6.31. The van der Waals surface area contributed by atoms with Gasteiger partial charge >= 0.3 is 0 Å². The number of oxazole rings is 1. The molecule has 9 heteroatoms. The molecule has 156 valence electrons. The van der Waals surface area contributed by atoms with Crippen LogP contribution in [0.25, 0.3) is 11.5 Å². The van der Waals surface area contributed by atoms with Gasteiger partial charge in [0.05, 0.1) is 12.2 Å². The fourth-order valence-electron chi connectivity index (χ4n) is 3.88. The molecule has 0 unspecified atom stereocenters. The normalized spacial score (nSPS) is 20.1. The number of fused-ring (bicyclic) bond motifs is 1. The third-order valence-corrected chi connectivity index (χ3v) is 5.74. The summed E-state index contributed by atoms with van der Waals surface area (Å²) in [6.45, 7) is 4.00. The number of carbonyl (C=O) groups is 2. The van der Waals surface area contributed by atoms with E-state index in [1.807, 2.05) is 38.1 Å². The van der Waals surface area contributed by atoms with Crippen LogP contribution < -0.4 is 4.90 Å². The van der Waals surface area contributed by atoms with Crippen molar-refractivity contribution in [2.45, 2.75) is 32.5 Å². The van der Waals surface area contributed by atoms with E-state index in [1.165, 1.54) is 5.01 Å². The summed E-state index contributed by atoms with van der Waals surface area (Å²) in [5.74, 6) is 0.330. The monoisotopic (exact) mass is 435 g/mol. The van der Waals surface area contributed by atoms with Crippen molar-refractivity contribution in [2.75, 3.05) is 4.90 Å². The Labute approximate surface area is 183 Å².